The molecule has 1 atom stereocenters. The maximum Gasteiger partial charge on any atom is 0.225 e. The third-order valence-electron chi connectivity index (χ3n) is 4.62. The number of aromatic nitrogens is 5. The van der Waals surface area contributed by atoms with Crippen LogP contribution in [0.2, 0.25) is 0 Å². The molecule has 0 radical (unpaired) electrons. The first-order chi connectivity index (χ1) is 12.8. The normalized spacial score (nSPS) is 17.1. The van der Waals surface area contributed by atoms with E-state index in [0.29, 0.717) is 0 Å². The van der Waals surface area contributed by atoms with Crippen molar-refractivity contribution in [3.8, 4) is 0 Å². The Kier molecular flexibility index (Phi) is 4.68. The number of rotatable bonds is 4. The molecule has 132 valence electrons. The summed E-state index contributed by atoms with van der Waals surface area (Å²) in [6, 6.07) is 5.79. The van der Waals surface area contributed by atoms with E-state index in [1.54, 1.807) is 31.0 Å². The highest BCUT2D eigenvalue weighted by Gasteiger charge is 2.26. The van der Waals surface area contributed by atoms with Crippen molar-refractivity contribution < 1.29 is 0 Å². The molecular weight excluding hydrogens is 326 g/mol. The summed E-state index contributed by atoms with van der Waals surface area (Å²) in [7, 11) is 0. The standard InChI is InChI=1S/C19H21N7/c1-14-5-2-7-21-17(14)25-18-16(20-10-11-22-18)15-6-3-12-26(13-15)19-23-8-4-9-24-19/h2,4-5,7-11,15H,3,6,12-13H2,1H3,(H,21,22,25)/t15-/m1/s1. The van der Waals surface area contributed by atoms with E-state index in [-0.39, 0.29) is 5.92 Å². The summed E-state index contributed by atoms with van der Waals surface area (Å²) < 4.78 is 0. The Morgan fingerprint density at radius 1 is 0.923 bits per heavy atom. The summed E-state index contributed by atoms with van der Waals surface area (Å²) in [5.41, 5.74) is 2.05. The summed E-state index contributed by atoms with van der Waals surface area (Å²) in [5, 5.41) is 3.36. The van der Waals surface area contributed by atoms with Gasteiger partial charge in [-0.3, -0.25) is 4.98 Å². The fourth-order valence-electron chi connectivity index (χ4n) is 3.31. The average Bonchev–Trinajstić information content (AvgIpc) is 2.71. The van der Waals surface area contributed by atoms with Crippen molar-refractivity contribution in [1.29, 1.82) is 0 Å². The second-order valence-corrected chi connectivity index (χ2v) is 6.42. The van der Waals surface area contributed by atoms with Gasteiger partial charge in [-0.25, -0.2) is 19.9 Å². The smallest absolute Gasteiger partial charge is 0.225 e. The zero-order valence-corrected chi connectivity index (χ0v) is 14.7. The number of piperidine rings is 1. The number of hydrogen-bond acceptors (Lipinski definition) is 7. The highest BCUT2D eigenvalue weighted by Crippen LogP contribution is 2.31. The third kappa shape index (κ3) is 3.46. The molecule has 1 fully saturated rings. The zero-order valence-electron chi connectivity index (χ0n) is 14.7. The van der Waals surface area contributed by atoms with Gasteiger partial charge < -0.3 is 10.2 Å². The molecule has 1 aliphatic heterocycles. The lowest BCUT2D eigenvalue weighted by atomic mass is 9.94. The molecule has 4 rings (SSSR count). The summed E-state index contributed by atoms with van der Waals surface area (Å²) in [6.45, 7) is 3.82. The van der Waals surface area contributed by atoms with Crippen LogP contribution in [0.1, 0.15) is 30.0 Å². The van der Waals surface area contributed by atoms with Gasteiger partial charge in [-0.15, -0.1) is 0 Å². The van der Waals surface area contributed by atoms with Crippen LogP contribution in [-0.2, 0) is 0 Å². The molecule has 0 spiro atoms. The van der Waals surface area contributed by atoms with E-state index >= 15 is 0 Å². The lowest BCUT2D eigenvalue weighted by molar-refractivity contribution is 0.495. The van der Waals surface area contributed by atoms with Crippen molar-refractivity contribution in [2.75, 3.05) is 23.3 Å². The predicted molar refractivity (Wildman–Crippen MR) is 101 cm³/mol. The van der Waals surface area contributed by atoms with Gasteiger partial charge in [0.2, 0.25) is 5.95 Å². The number of pyridine rings is 1. The molecule has 3 aromatic heterocycles. The molecule has 7 heteroatoms. The van der Waals surface area contributed by atoms with Crippen molar-refractivity contribution in [3.63, 3.8) is 0 Å². The van der Waals surface area contributed by atoms with Gasteiger partial charge in [-0.05, 0) is 37.5 Å². The molecule has 1 saturated heterocycles. The average molecular weight is 347 g/mol. The summed E-state index contributed by atoms with van der Waals surface area (Å²) in [6.07, 6.45) is 10.9. The minimum absolute atomic E-state index is 0.271. The Morgan fingerprint density at radius 3 is 2.54 bits per heavy atom. The van der Waals surface area contributed by atoms with Crippen LogP contribution in [-0.4, -0.2) is 38.0 Å². The van der Waals surface area contributed by atoms with Crippen molar-refractivity contribution in [1.82, 2.24) is 24.9 Å². The first kappa shape index (κ1) is 16.4. The van der Waals surface area contributed by atoms with Crippen LogP contribution in [0.4, 0.5) is 17.6 Å². The van der Waals surface area contributed by atoms with E-state index < -0.39 is 0 Å². The molecule has 26 heavy (non-hydrogen) atoms. The largest absolute Gasteiger partial charge is 0.340 e. The molecular formula is C19H21N7. The van der Waals surface area contributed by atoms with Crippen LogP contribution in [0, 0.1) is 6.92 Å². The molecule has 1 aliphatic rings. The third-order valence-corrected chi connectivity index (χ3v) is 4.62. The van der Waals surface area contributed by atoms with E-state index in [2.05, 4.69) is 35.1 Å². The first-order valence-corrected chi connectivity index (χ1v) is 8.83. The van der Waals surface area contributed by atoms with Gasteiger partial charge in [0, 0.05) is 50.0 Å². The molecule has 3 aromatic rings. The predicted octanol–water partition coefficient (Wildman–Crippen LogP) is 3.10. The van der Waals surface area contributed by atoms with Crippen molar-refractivity contribution >= 4 is 17.6 Å². The van der Waals surface area contributed by atoms with Gasteiger partial charge in [0.25, 0.3) is 0 Å². The van der Waals surface area contributed by atoms with Gasteiger partial charge in [-0.2, -0.15) is 0 Å². The van der Waals surface area contributed by atoms with Gasteiger partial charge >= 0.3 is 0 Å². The van der Waals surface area contributed by atoms with E-state index in [9.17, 15) is 0 Å². The molecule has 0 saturated carbocycles. The number of anilines is 3. The minimum Gasteiger partial charge on any atom is -0.340 e. The first-order valence-electron chi connectivity index (χ1n) is 8.83. The van der Waals surface area contributed by atoms with E-state index in [1.807, 2.05) is 25.1 Å². The highest BCUT2D eigenvalue weighted by molar-refractivity contribution is 5.58. The van der Waals surface area contributed by atoms with E-state index in [4.69, 9.17) is 0 Å². The summed E-state index contributed by atoms with van der Waals surface area (Å²) in [4.78, 5) is 24.6. The monoisotopic (exact) mass is 347 g/mol. The van der Waals surface area contributed by atoms with Crippen molar-refractivity contribution in [2.24, 2.45) is 0 Å². The second-order valence-electron chi connectivity index (χ2n) is 6.42. The summed E-state index contributed by atoms with van der Waals surface area (Å²) in [5.74, 6) is 2.63. The Bertz CT molecular complexity index is 869. The van der Waals surface area contributed by atoms with Crippen LogP contribution < -0.4 is 10.2 Å². The lowest BCUT2D eigenvalue weighted by Gasteiger charge is -2.32. The van der Waals surface area contributed by atoms with E-state index in [1.165, 1.54) is 0 Å². The van der Waals surface area contributed by atoms with Crippen LogP contribution in [0.15, 0.2) is 49.2 Å². The van der Waals surface area contributed by atoms with Gasteiger partial charge in [0.1, 0.15) is 5.82 Å². The van der Waals surface area contributed by atoms with Crippen LogP contribution >= 0.6 is 0 Å². The number of hydrogen-bond donors (Lipinski definition) is 1. The molecule has 4 heterocycles. The number of nitrogens with one attached hydrogen (secondary N) is 1. The maximum atomic E-state index is 4.64. The molecule has 0 aromatic carbocycles. The molecule has 0 amide bonds. The minimum atomic E-state index is 0.271. The molecule has 1 N–H and O–H groups in total. The molecule has 0 aliphatic carbocycles. The number of nitrogens with zero attached hydrogens (tertiary/aromatic N) is 6. The van der Waals surface area contributed by atoms with Gasteiger partial charge in [-0.1, -0.05) is 6.07 Å². The van der Waals surface area contributed by atoms with Crippen LogP contribution in [0.3, 0.4) is 0 Å². The molecule has 0 bridgehead atoms. The van der Waals surface area contributed by atoms with Crippen molar-refractivity contribution in [3.05, 3.63) is 60.4 Å². The quantitative estimate of drug-likeness (QED) is 0.777. The van der Waals surface area contributed by atoms with E-state index in [0.717, 1.165) is 54.8 Å². The molecule has 7 nitrogen and oxygen atoms in total. The highest BCUT2D eigenvalue weighted by atomic mass is 15.3. The Labute approximate surface area is 152 Å². The topological polar surface area (TPSA) is 79.7 Å². The Balaban J connectivity index is 1.59. The SMILES string of the molecule is Cc1cccnc1Nc1nccnc1[C@@H]1CCCN(c2ncccn2)C1. The fourth-order valence-corrected chi connectivity index (χ4v) is 3.31. The maximum absolute atomic E-state index is 4.64. The number of aryl methyl sites for hydroxylation is 1. The van der Waals surface area contributed by atoms with Gasteiger partial charge in [0.05, 0.1) is 5.69 Å². The molecule has 0 unspecified atom stereocenters. The zero-order chi connectivity index (χ0) is 17.8. The summed E-state index contributed by atoms with van der Waals surface area (Å²) >= 11 is 0. The Morgan fingerprint density at radius 2 is 1.69 bits per heavy atom. The second kappa shape index (κ2) is 7.43. The Hall–Kier alpha value is -3.09. The van der Waals surface area contributed by atoms with Crippen LogP contribution in [0.25, 0.3) is 0 Å². The van der Waals surface area contributed by atoms with Crippen LogP contribution in [0.5, 0.6) is 0 Å². The fraction of sp³-hybridized carbons (Fsp3) is 0.316. The lowest BCUT2D eigenvalue weighted by Crippen LogP contribution is -2.36. The van der Waals surface area contributed by atoms with Crippen molar-refractivity contribution in [2.45, 2.75) is 25.7 Å². The van der Waals surface area contributed by atoms with Gasteiger partial charge in [0.15, 0.2) is 5.82 Å².